The summed E-state index contributed by atoms with van der Waals surface area (Å²) in [6.45, 7) is 2.00. The van der Waals surface area contributed by atoms with E-state index in [1.54, 1.807) is 0 Å². The lowest BCUT2D eigenvalue weighted by molar-refractivity contribution is 0.0704. The molecule has 1 fully saturated rings. The highest BCUT2D eigenvalue weighted by atomic mass is 16.2. The van der Waals surface area contributed by atoms with Gasteiger partial charge in [-0.2, -0.15) is 5.10 Å². The van der Waals surface area contributed by atoms with Gasteiger partial charge in [-0.1, -0.05) is 42.5 Å². The third-order valence-corrected chi connectivity index (χ3v) is 6.63. The van der Waals surface area contributed by atoms with Gasteiger partial charge in [0, 0.05) is 30.1 Å². The van der Waals surface area contributed by atoms with Crippen LogP contribution in [-0.2, 0) is 5.54 Å². The zero-order valence-corrected chi connectivity index (χ0v) is 17.5. The Balaban J connectivity index is 1.60. The minimum atomic E-state index is -0.229. The minimum Gasteiger partial charge on any atom is -0.331 e. The molecule has 1 amide bonds. The maximum Gasteiger partial charge on any atom is 0.273 e. The van der Waals surface area contributed by atoms with Crippen molar-refractivity contribution in [3.8, 4) is 28.1 Å². The summed E-state index contributed by atoms with van der Waals surface area (Å²) in [4.78, 5) is 19.7. The molecular formula is C26H22N4O. The van der Waals surface area contributed by atoms with E-state index >= 15 is 0 Å². The predicted molar refractivity (Wildman–Crippen MR) is 120 cm³/mol. The van der Waals surface area contributed by atoms with E-state index < -0.39 is 0 Å². The molecule has 0 saturated heterocycles. The number of carbonyl (C=O) groups is 1. The summed E-state index contributed by atoms with van der Waals surface area (Å²) >= 11 is 0. The highest BCUT2D eigenvalue weighted by Crippen LogP contribution is 2.54. The Morgan fingerprint density at radius 3 is 2.42 bits per heavy atom. The molecule has 6 rings (SSSR count). The van der Waals surface area contributed by atoms with Gasteiger partial charge in [0.05, 0.1) is 16.9 Å². The van der Waals surface area contributed by atoms with E-state index in [-0.39, 0.29) is 11.4 Å². The van der Waals surface area contributed by atoms with Crippen molar-refractivity contribution in [3.63, 3.8) is 0 Å². The first kappa shape index (κ1) is 18.1. The molecule has 0 atom stereocenters. The first-order valence-corrected chi connectivity index (χ1v) is 10.6. The lowest BCUT2D eigenvalue weighted by Gasteiger charge is -2.27. The molecule has 0 bridgehead atoms. The van der Waals surface area contributed by atoms with Crippen LogP contribution in [0.25, 0.3) is 28.1 Å². The maximum absolute atomic E-state index is 13.5. The van der Waals surface area contributed by atoms with Crippen LogP contribution in [0.15, 0.2) is 72.9 Å². The number of fused-ring (bicyclic) bond motifs is 4. The minimum absolute atomic E-state index is 0.0182. The first-order chi connectivity index (χ1) is 15.1. The highest BCUT2D eigenvalue weighted by molar-refractivity contribution is 5.96. The van der Waals surface area contributed by atoms with Crippen molar-refractivity contribution in [3.05, 3.63) is 89.9 Å². The van der Waals surface area contributed by atoms with Gasteiger partial charge < -0.3 is 4.90 Å². The average molecular weight is 406 g/mol. The molecule has 1 aliphatic heterocycles. The third-order valence-electron chi connectivity index (χ3n) is 6.63. The Labute approximate surface area is 181 Å². The normalized spacial score (nSPS) is 16.1. The van der Waals surface area contributed by atoms with Crippen LogP contribution in [0, 0.1) is 6.92 Å². The topological polar surface area (TPSA) is 51.0 Å². The Bertz CT molecular complexity index is 1330. The van der Waals surface area contributed by atoms with Gasteiger partial charge in [-0.25, -0.2) is 4.68 Å². The summed E-state index contributed by atoms with van der Waals surface area (Å²) in [5.74, 6) is 0.0182. The molecule has 152 valence electrons. The average Bonchev–Trinajstić information content (AvgIpc) is 3.50. The van der Waals surface area contributed by atoms with Gasteiger partial charge in [-0.05, 0) is 55.2 Å². The molecule has 5 heteroatoms. The van der Waals surface area contributed by atoms with Gasteiger partial charge in [0.15, 0.2) is 0 Å². The van der Waals surface area contributed by atoms with Crippen molar-refractivity contribution >= 4 is 5.91 Å². The summed E-state index contributed by atoms with van der Waals surface area (Å²) in [6.07, 6.45) is 3.79. The lowest BCUT2D eigenvalue weighted by atomic mass is 9.97. The molecule has 2 aromatic carbocycles. The van der Waals surface area contributed by atoms with Crippen molar-refractivity contribution in [1.29, 1.82) is 0 Å². The molecular weight excluding hydrogens is 384 g/mol. The van der Waals surface area contributed by atoms with Crippen molar-refractivity contribution in [2.24, 2.45) is 0 Å². The van der Waals surface area contributed by atoms with E-state index in [9.17, 15) is 4.79 Å². The molecule has 0 radical (unpaired) electrons. The van der Waals surface area contributed by atoms with Gasteiger partial charge >= 0.3 is 0 Å². The zero-order chi connectivity index (χ0) is 21.2. The van der Waals surface area contributed by atoms with Crippen LogP contribution in [0.3, 0.4) is 0 Å². The Kier molecular flexibility index (Phi) is 3.72. The number of carbonyl (C=O) groups excluding carboxylic acids is 1. The molecule has 31 heavy (non-hydrogen) atoms. The van der Waals surface area contributed by atoms with Crippen molar-refractivity contribution < 1.29 is 4.79 Å². The van der Waals surface area contributed by atoms with Gasteiger partial charge in [0.1, 0.15) is 5.69 Å². The van der Waals surface area contributed by atoms with Crippen LogP contribution >= 0.6 is 0 Å². The molecule has 1 aliphatic carbocycles. The summed E-state index contributed by atoms with van der Waals surface area (Å²) in [7, 11) is 1.92. The zero-order valence-electron chi connectivity index (χ0n) is 17.5. The second-order valence-electron chi connectivity index (χ2n) is 8.51. The Morgan fingerprint density at radius 1 is 0.903 bits per heavy atom. The summed E-state index contributed by atoms with van der Waals surface area (Å²) in [6, 6.07) is 22.5. The number of hydrogen-bond acceptors (Lipinski definition) is 3. The molecule has 2 aliphatic rings. The van der Waals surface area contributed by atoms with Gasteiger partial charge in [-0.3, -0.25) is 9.78 Å². The van der Waals surface area contributed by atoms with Crippen molar-refractivity contribution in [2.75, 3.05) is 7.05 Å². The summed E-state index contributed by atoms with van der Waals surface area (Å²) in [5, 5.41) is 4.91. The largest absolute Gasteiger partial charge is 0.331 e. The Hall–Kier alpha value is -3.73. The van der Waals surface area contributed by atoms with Gasteiger partial charge in [0.25, 0.3) is 5.91 Å². The molecule has 0 N–H and O–H groups in total. The van der Waals surface area contributed by atoms with E-state index in [1.807, 2.05) is 72.2 Å². The van der Waals surface area contributed by atoms with Crippen LogP contribution in [0.5, 0.6) is 0 Å². The molecule has 1 saturated carbocycles. The van der Waals surface area contributed by atoms with Crippen molar-refractivity contribution in [2.45, 2.75) is 25.3 Å². The number of aryl methyl sites for hydroxylation is 1. The predicted octanol–water partition coefficient (Wildman–Crippen LogP) is 4.98. The SMILES string of the molecule is Cc1cc(-c2ccc3c(c2)-n2nc(-c4ccccc4)cc2C(=O)N(C)C32CC2)ccn1. The second kappa shape index (κ2) is 6.38. The van der Waals surface area contributed by atoms with E-state index in [2.05, 4.69) is 29.2 Å². The molecule has 1 spiro atoms. The number of benzene rings is 2. The number of aromatic nitrogens is 3. The monoisotopic (exact) mass is 406 g/mol. The number of amides is 1. The highest BCUT2D eigenvalue weighted by Gasteiger charge is 2.53. The molecule has 2 aromatic heterocycles. The second-order valence-corrected chi connectivity index (χ2v) is 8.51. The number of rotatable bonds is 2. The molecule has 4 aromatic rings. The first-order valence-electron chi connectivity index (χ1n) is 10.6. The van der Waals surface area contributed by atoms with Gasteiger partial charge in [0.2, 0.25) is 0 Å². The van der Waals surface area contributed by atoms with Crippen LogP contribution in [-0.4, -0.2) is 32.6 Å². The smallest absolute Gasteiger partial charge is 0.273 e. The van der Waals surface area contributed by atoms with E-state index in [4.69, 9.17) is 5.10 Å². The van der Waals surface area contributed by atoms with Gasteiger partial charge in [-0.15, -0.1) is 0 Å². The van der Waals surface area contributed by atoms with E-state index in [0.717, 1.165) is 46.6 Å². The van der Waals surface area contributed by atoms with E-state index in [1.165, 1.54) is 5.56 Å². The van der Waals surface area contributed by atoms with E-state index in [0.29, 0.717) is 5.69 Å². The molecule has 0 unspecified atom stereocenters. The number of pyridine rings is 1. The quantitative estimate of drug-likeness (QED) is 0.472. The van der Waals surface area contributed by atoms with Crippen LogP contribution in [0.2, 0.25) is 0 Å². The molecule has 3 heterocycles. The fourth-order valence-corrected chi connectivity index (χ4v) is 4.74. The van der Waals surface area contributed by atoms with Crippen molar-refractivity contribution in [1.82, 2.24) is 19.7 Å². The molecule has 5 nitrogen and oxygen atoms in total. The summed E-state index contributed by atoms with van der Waals surface area (Å²) < 4.78 is 1.85. The fraction of sp³-hybridized carbons (Fsp3) is 0.192. The number of hydrogen-bond donors (Lipinski definition) is 0. The van der Waals surface area contributed by atoms with Crippen LogP contribution in [0.4, 0.5) is 0 Å². The van der Waals surface area contributed by atoms with Crippen LogP contribution < -0.4 is 0 Å². The van der Waals surface area contributed by atoms with Crippen LogP contribution in [0.1, 0.15) is 34.6 Å². The lowest BCUT2D eigenvalue weighted by Crippen LogP contribution is -2.36. The maximum atomic E-state index is 13.5. The number of nitrogens with zero attached hydrogens (tertiary/aromatic N) is 4. The summed E-state index contributed by atoms with van der Waals surface area (Å²) in [5.41, 5.74) is 7.52. The Morgan fingerprint density at radius 2 is 1.68 bits per heavy atom. The standard InChI is InChI=1S/C26H22N4O/c1-17-14-20(10-13-27-17)19-8-9-21-23(15-19)30-24(25(31)29(2)26(21)11-12-26)16-22(28-30)18-6-4-3-5-7-18/h3-10,13-16H,11-12H2,1-2H3. The third kappa shape index (κ3) is 2.66. The fourth-order valence-electron chi connectivity index (χ4n) is 4.74.